The Morgan fingerprint density at radius 3 is 2.46 bits per heavy atom. The summed E-state index contributed by atoms with van der Waals surface area (Å²) in [7, 11) is 0. The predicted octanol–water partition coefficient (Wildman–Crippen LogP) is 3.32. The van der Waals surface area contributed by atoms with Crippen LogP contribution < -0.4 is 0 Å². The van der Waals surface area contributed by atoms with E-state index in [1.54, 1.807) is 0 Å². The molecule has 1 N–H and O–H groups in total. The third-order valence-electron chi connectivity index (χ3n) is 1.92. The highest BCUT2D eigenvalue weighted by atomic mass is 14.7. The van der Waals surface area contributed by atoms with Crippen molar-refractivity contribution in [3.63, 3.8) is 0 Å². The molecule has 62 valence electrons. The fourth-order valence-electron chi connectivity index (χ4n) is 1.36. The quantitative estimate of drug-likeness (QED) is 0.538. The van der Waals surface area contributed by atoms with Gasteiger partial charge in [0.2, 0.25) is 0 Å². The van der Waals surface area contributed by atoms with E-state index in [9.17, 15) is 0 Å². The molecule has 0 unspecified atom stereocenters. The molecule has 1 aromatic heterocycles. The summed E-state index contributed by atoms with van der Waals surface area (Å²) < 4.78 is 54.6. The van der Waals surface area contributed by atoms with E-state index in [-0.39, 0.29) is 64.1 Å². The minimum absolute atomic E-state index is 0.00550. The summed E-state index contributed by atoms with van der Waals surface area (Å²) >= 11 is 0. The van der Waals surface area contributed by atoms with Crippen molar-refractivity contribution in [2.45, 2.75) is 0 Å². The van der Waals surface area contributed by atoms with Crippen molar-refractivity contribution in [1.82, 2.24) is 4.98 Å². The first-order valence-electron chi connectivity index (χ1n) is 7.33. The van der Waals surface area contributed by atoms with E-state index in [0.29, 0.717) is 0 Å². The molecule has 0 saturated heterocycles. The molecule has 0 saturated carbocycles. The van der Waals surface area contributed by atoms with Crippen molar-refractivity contribution in [2.24, 2.45) is 0 Å². The zero-order valence-corrected chi connectivity index (χ0v) is 6.58. The van der Waals surface area contributed by atoms with Crippen molar-refractivity contribution in [2.75, 3.05) is 0 Å². The molecule has 2 aromatic carbocycles. The van der Waals surface area contributed by atoms with Crippen LogP contribution in [0.1, 0.15) is 9.60 Å². The Morgan fingerprint density at radius 2 is 1.54 bits per heavy atom. The smallest absolute Gasteiger partial charge is 0.0645 e. The van der Waals surface area contributed by atoms with Gasteiger partial charge in [-0.1, -0.05) is 36.3 Å². The summed E-state index contributed by atoms with van der Waals surface area (Å²) in [4.78, 5) is 2.79. The van der Waals surface area contributed by atoms with Crippen LogP contribution in [0.5, 0.6) is 0 Å². The van der Waals surface area contributed by atoms with Crippen molar-refractivity contribution < 1.29 is 9.60 Å². The first-order chi connectivity index (χ1) is 9.34. The largest absolute Gasteiger partial charge is 0.355 e. The van der Waals surface area contributed by atoms with Gasteiger partial charge in [-0.3, -0.25) is 0 Å². The first-order valence-corrected chi connectivity index (χ1v) is 3.83. The number of benzene rings is 2. The molecule has 3 aromatic rings. The molecule has 13 heavy (non-hydrogen) atoms. The van der Waals surface area contributed by atoms with Gasteiger partial charge in [0, 0.05) is 21.8 Å². The zero-order chi connectivity index (χ0) is 14.8. The lowest BCUT2D eigenvalue weighted by Gasteiger charge is -1.87. The second-order valence-corrected chi connectivity index (χ2v) is 2.68. The summed E-state index contributed by atoms with van der Waals surface area (Å²) in [5.74, 6) is 0. The van der Waals surface area contributed by atoms with E-state index in [4.69, 9.17) is 9.60 Å². The maximum absolute atomic E-state index is 7.95. The standard InChI is InChI=1S/C12H9N/c1-3-7-11-9(5-1)10-6-2-4-8-12(10)13-11/h1-8,13H/i1D,2D,3D,5D,6D,7D,8D. The van der Waals surface area contributed by atoms with Gasteiger partial charge in [-0.2, -0.15) is 0 Å². The number of aromatic nitrogens is 1. The molecule has 3 rings (SSSR count). The molecule has 0 fully saturated rings. The van der Waals surface area contributed by atoms with Crippen LogP contribution in [0.4, 0.5) is 0 Å². The van der Waals surface area contributed by atoms with Crippen LogP contribution in [0.3, 0.4) is 0 Å². The van der Waals surface area contributed by atoms with Gasteiger partial charge in [-0.15, -0.1) is 0 Å². The Morgan fingerprint density at radius 1 is 0.846 bits per heavy atom. The van der Waals surface area contributed by atoms with Gasteiger partial charge >= 0.3 is 0 Å². The summed E-state index contributed by atoms with van der Waals surface area (Å²) in [6.07, 6.45) is 0. The van der Waals surface area contributed by atoms with E-state index in [1.165, 1.54) is 6.07 Å². The number of rotatable bonds is 0. The van der Waals surface area contributed by atoms with Crippen LogP contribution in [-0.2, 0) is 0 Å². The molecule has 0 aliphatic heterocycles. The fourth-order valence-corrected chi connectivity index (χ4v) is 1.36. The van der Waals surface area contributed by atoms with Crippen molar-refractivity contribution in [3.8, 4) is 0 Å². The van der Waals surface area contributed by atoms with E-state index in [1.807, 2.05) is 0 Å². The van der Waals surface area contributed by atoms with Crippen molar-refractivity contribution in [3.05, 3.63) is 48.4 Å². The minimum atomic E-state index is -0.385. The molecule has 1 heterocycles. The van der Waals surface area contributed by atoms with Crippen molar-refractivity contribution >= 4 is 21.8 Å². The molecule has 0 spiro atoms. The summed E-state index contributed by atoms with van der Waals surface area (Å²) in [6, 6.07) is -0.315. The van der Waals surface area contributed by atoms with Crippen LogP contribution in [-0.4, -0.2) is 4.98 Å². The number of para-hydroxylation sites is 2. The minimum Gasteiger partial charge on any atom is -0.355 e. The molecule has 0 atom stereocenters. The number of H-pyrrole nitrogens is 1. The maximum atomic E-state index is 7.95. The van der Waals surface area contributed by atoms with Gasteiger partial charge in [0.1, 0.15) is 0 Å². The lowest BCUT2D eigenvalue weighted by atomic mass is 10.2. The summed E-state index contributed by atoms with van der Waals surface area (Å²) in [5.41, 5.74) is 0.423. The summed E-state index contributed by atoms with van der Waals surface area (Å²) in [5, 5.41) is 0.364. The molecule has 1 nitrogen and oxygen atoms in total. The molecule has 0 amide bonds. The zero-order valence-electron chi connectivity index (χ0n) is 13.6. The van der Waals surface area contributed by atoms with Crippen molar-refractivity contribution in [1.29, 1.82) is 0 Å². The summed E-state index contributed by atoms with van der Waals surface area (Å²) in [6.45, 7) is 0. The van der Waals surface area contributed by atoms with Gasteiger partial charge in [-0.05, 0) is 12.1 Å². The Hall–Kier alpha value is -1.76. The Labute approximate surface area is 85.8 Å². The van der Waals surface area contributed by atoms with Gasteiger partial charge in [0.25, 0.3) is 0 Å². The number of fused-ring (bicyclic) bond motifs is 3. The molecule has 0 bridgehead atoms. The molecule has 0 aliphatic rings. The van der Waals surface area contributed by atoms with E-state index in [0.717, 1.165) is 0 Å². The third kappa shape index (κ3) is 0.872. The van der Waals surface area contributed by atoms with Gasteiger partial charge < -0.3 is 4.98 Å². The highest BCUT2D eigenvalue weighted by molar-refractivity contribution is 6.06. The van der Waals surface area contributed by atoms with E-state index < -0.39 is 0 Å². The van der Waals surface area contributed by atoms with E-state index in [2.05, 4.69) is 4.98 Å². The number of hydrogen-bond acceptors (Lipinski definition) is 0. The van der Waals surface area contributed by atoms with Crippen LogP contribution in [0.25, 0.3) is 21.8 Å². The Kier molecular flexibility index (Phi) is 0.523. The predicted molar refractivity (Wildman–Crippen MR) is 55.8 cm³/mol. The maximum Gasteiger partial charge on any atom is 0.0645 e. The first kappa shape index (κ1) is 2.88. The van der Waals surface area contributed by atoms with Crippen LogP contribution in [0.2, 0.25) is 0 Å². The van der Waals surface area contributed by atoms with Gasteiger partial charge in [0.05, 0.1) is 9.60 Å². The lowest BCUT2D eigenvalue weighted by Crippen LogP contribution is -1.62. The second-order valence-electron chi connectivity index (χ2n) is 2.68. The molecule has 1 heteroatoms. The van der Waals surface area contributed by atoms with Crippen LogP contribution in [0.15, 0.2) is 48.4 Å². The highest BCUT2D eigenvalue weighted by Gasteiger charge is 2.00. The Bertz CT molecular complexity index is 881. The van der Waals surface area contributed by atoms with Gasteiger partial charge in [-0.25, -0.2) is 0 Å². The number of nitrogens with one attached hydrogen (secondary N) is 1. The van der Waals surface area contributed by atoms with Crippen LogP contribution in [0, 0.1) is 0 Å². The third-order valence-corrected chi connectivity index (χ3v) is 1.92. The molecule has 0 radical (unpaired) electrons. The highest BCUT2D eigenvalue weighted by Crippen LogP contribution is 2.24. The topological polar surface area (TPSA) is 15.8 Å². The van der Waals surface area contributed by atoms with E-state index >= 15 is 0 Å². The fraction of sp³-hybridized carbons (Fsp3) is 0. The molecular weight excluding hydrogens is 158 g/mol. The van der Waals surface area contributed by atoms with Crippen LogP contribution >= 0.6 is 0 Å². The Balaban J connectivity index is 2.72. The SMILES string of the molecule is [2H]c1cc([2H])c2[nH]c3c([2H])c([2H])c([2H])c([2H])c3c2c1[2H]. The monoisotopic (exact) mass is 174 g/mol. The average Bonchev–Trinajstić information content (AvgIpc) is 2.81. The average molecular weight is 174 g/mol. The second kappa shape index (κ2) is 2.36. The van der Waals surface area contributed by atoms with Gasteiger partial charge in [0.15, 0.2) is 0 Å². The number of aromatic amines is 1. The normalized spacial score (nSPS) is 18.6. The lowest BCUT2D eigenvalue weighted by molar-refractivity contribution is 1.55. The molecular formula is C12H9N. The number of hydrogen-bond donors (Lipinski definition) is 1. The molecule has 0 aliphatic carbocycles.